The average molecular weight is 339 g/mol. The third kappa shape index (κ3) is 5.28. The summed E-state index contributed by atoms with van der Waals surface area (Å²) in [6, 6.07) is 13.7. The van der Waals surface area contributed by atoms with Crippen LogP contribution in [0.2, 0.25) is 0 Å². The minimum Gasteiger partial charge on any atom is -0.454 e. The molecule has 0 heterocycles. The Morgan fingerprint density at radius 3 is 2.08 bits per heavy atom. The number of ether oxygens (including phenoxy) is 1. The first-order valence-corrected chi connectivity index (χ1v) is 8.01. The maximum absolute atomic E-state index is 12.1. The van der Waals surface area contributed by atoms with Crippen molar-refractivity contribution in [3.8, 4) is 0 Å². The minimum absolute atomic E-state index is 0.115. The Morgan fingerprint density at radius 1 is 0.960 bits per heavy atom. The maximum atomic E-state index is 12.1. The summed E-state index contributed by atoms with van der Waals surface area (Å²) in [7, 11) is 0. The van der Waals surface area contributed by atoms with E-state index in [1.807, 2.05) is 26.0 Å². The molecule has 0 aromatic heterocycles. The molecule has 0 fully saturated rings. The molecule has 5 heteroatoms. The van der Waals surface area contributed by atoms with Crippen molar-refractivity contribution >= 4 is 17.7 Å². The first-order valence-electron chi connectivity index (χ1n) is 8.01. The number of amides is 1. The molecule has 0 radical (unpaired) electrons. The molecule has 130 valence electrons. The van der Waals surface area contributed by atoms with E-state index in [4.69, 9.17) is 4.74 Å². The standard InChI is InChI=1S/C20H21NO4/c1-13-4-6-18(7-5-13)20(24)25-12-19(23)17-10-8-16(9-11-17)14(2)21-15(3)22/h4-11,14H,12H2,1-3H3,(H,21,22)/t14-/m1/s1. The number of hydrogen-bond acceptors (Lipinski definition) is 4. The Morgan fingerprint density at radius 2 is 1.52 bits per heavy atom. The van der Waals surface area contributed by atoms with Crippen molar-refractivity contribution in [1.29, 1.82) is 0 Å². The second-order valence-electron chi connectivity index (χ2n) is 5.91. The zero-order chi connectivity index (χ0) is 18.4. The summed E-state index contributed by atoms with van der Waals surface area (Å²) < 4.78 is 5.07. The highest BCUT2D eigenvalue weighted by Crippen LogP contribution is 2.14. The average Bonchev–Trinajstić information content (AvgIpc) is 2.59. The van der Waals surface area contributed by atoms with Crippen molar-refractivity contribution in [3.05, 3.63) is 70.8 Å². The van der Waals surface area contributed by atoms with E-state index in [1.165, 1.54) is 6.92 Å². The summed E-state index contributed by atoms with van der Waals surface area (Å²) in [4.78, 5) is 35.1. The molecule has 2 aromatic rings. The van der Waals surface area contributed by atoms with E-state index in [1.54, 1.807) is 36.4 Å². The van der Waals surface area contributed by atoms with E-state index in [9.17, 15) is 14.4 Å². The first-order chi connectivity index (χ1) is 11.9. The fourth-order valence-corrected chi connectivity index (χ4v) is 2.33. The fraction of sp³-hybridized carbons (Fsp3) is 0.250. The zero-order valence-electron chi connectivity index (χ0n) is 14.5. The molecule has 0 saturated heterocycles. The zero-order valence-corrected chi connectivity index (χ0v) is 14.5. The molecular weight excluding hydrogens is 318 g/mol. The van der Waals surface area contributed by atoms with Crippen LogP contribution in [0.3, 0.4) is 0 Å². The van der Waals surface area contributed by atoms with Crippen molar-refractivity contribution in [2.75, 3.05) is 6.61 Å². The van der Waals surface area contributed by atoms with Crippen LogP contribution in [0.5, 0.6) is 0 Å². The van der Waals surface area contributed by atoms with Gasteiger partial charge in [0, 0.05) is 12.5 Å². The molecule has 2 rings (SSSR count). The SMILES string of the molecule is CC(=O)N[C@H](C)c1ccc(C(=O)COC(=O)c2ccc(C)cc2)cc1. The van der Waals surface area contributed by atoms with Crippen molar-refractivity contribution < 1.29 is 19.1 Å². The van der Waals surface area contributed by atoms with Crippen LogP contribution in [0.15, 0.2) is 48.5 Å². The van der Waals surface area contributed by atoms with Gasteiger partial charge in [-0.2, -0.15) is 0 Å². The molecule has 1 amide bonds. The summed E-state index contributed by atoms with van der Waals surface area (Å²) >= 11 is 0. The Balaban J connectivity index is 1.93. The smallest absolute Gasteiger partial charge is 0.338 e. The van der Waals surface area contributed by atoms with Gasteiger partial charge in [0.15, 0.2) is 12.4 Å². The monoisotopic (exact) mass is 339 g/mol. The van der Waals surface area contributed by atoms with Crippen LogP contribution in [-0.4, -0.2) is 24.3 Å². The summed E-state index contributed by atoms with van der Waals surface area (Å²) in [5, 5.41) is 2.78. The topological polar surface area (TPSA) is 72.5 Å². The molecule has 1 atom stereocenters. The van der Waals surface area contributed by atoms with Crippen molar-refractivity contribution in [2.45, 2.75) is 26.8 Å². The molecular formula is C20H21NO4. The molecule has 1 N–H and O–H groups in total. The van der Waals surface area contributed by atoms with Gasteiger partial charge in [-0.1, -0.05) is 42.0 Å². The van der Waals surface area contributed by atoms with Crippen molar-refractivity contribution in [1.82, 2.24) is 5.32 Å². The fourth-order valence-electron chi connectivity index (χ4n) is 2.33. The van der Waals surface area contributed by atoms with E-state index < -0.39 is 5.97 Å². The predicted molar refractivity (Wildman–Crippen MR) is 94.5 cm³/mol. The summed E-state index contributed by atoms with van der Waals surface area (Å²) in [6.07, 6.45) is 0. The van der Waals surface area contributed by atoms with Crippen LogP contribution in [0.1, 0.15) is 51.7 Å². The predicted octanol–water partition coefficient (Wildman–Crippen LogP) is 3.23. The number of nitrogens with one attached hydrogen (secondary N) is 1. The van der Waals surface area contributed by atoms with Crippen molar-refractivity contribution in [3.63, 3.8) is 0 Å². The second-order valence-corrected chi connectivity index (χ2v) is 5.91. The highest BCUT2D eigenvalue weighted by Gasteiger charge is 2.13. The number of carbonyl (C=O) groups is 3. The van der Waals surface area contributed by atoms with Crippen LogP contribution in [0, 0.1) is 6.92 Å². The Bertz CT molecular complexity index is 763. The molecule has 0 bridgehead atoms. The highest BCUT2D eigenvalue weighted by atomic mass is 16.5. The lowest BCUT2D eigenvalue weighted by Gasteiger charge is -2.13. The Labute approximate surface area is 147 Å². The molecule has 0 aliphatic carbocycles. The van der Waals surface area contributed by atoms with Crippen LogP contribution >= 0.6 is 0 Å². The quantitative estimate of drug-likeness (QED) is 0.648. The molecule has 0 unspecified atom stereocenters. The van der Waals surface area contributed by atoms with Crippen molar-refractivity contribution in [2.24, 2.45) is 0 Å². The van der Waals surface area contributed by atoms with Gasteiger partial charge in [0.05, 0.1) is 11.6 Å². The van der Waals surface area contributed by atoms with E-state index in [0.29, 0.717) is 11.1 Å². The third-order valence-electron chi connectivity index (χ3n) is 3.77. The third-order valence-corrected chi connectivity index (χ3v) is 3.77. The van der Waals surface area contributed by atoms with Gasteiger partial charge in [-0.3, -0.25) is 9.59 Å². The van der Waals surface area contributed by atoms with E-state index in [-0.39, 0.29) is 24.3 Å². The molecule has 2 aromatic carbocycles. The summed E-state index contributed by atoms with van der Waals surface area (Å²) in [5.41, 5.74) is 2.80. The lowest BCUT2D eigenvalue weighted by molar-refractivity contribution is -0.119. The molecule has 0 aliphatic heterocycles. The summed E-state index contributed by atoms with van der Waals surface area (Å²) in [5.74, 6) is -0.917. The largest absolute Gasteiger partial charge is 0.454 e. The molecule has 0 spiro atoms. The van der Waals surface area contributed by atoms with E-state index in [0.717, 1.165) is 11.1 Å². The number of esters is 1. The Hall–Kier alpha value is -2.95. The first kappa shape index (κ1) is 18.4. The number of ketones is 1. The van der Waals surface area contributed by atoms with Crippen LogP contribution in [0.25, 0.3) is 0 Å². The van der Waals surface area contributed by atoms with Gasteiger partial charge in [0.1, 0.15) is 0 Å². The molecule has 0 saturated carbocycles. The number of rotatable bonds is 6. The van der Waals surface area contributed by atoms with Gasteiger partial charge >= 0.3 is 5.97 Å². The van der Waals surface area contributed by atoms with Gasteiger partial charge in [0.25, 0.3) is 0 Å². The normalized spacial score (nSPS) is 11.5. The van der Waals surface area contributed by atoms with Gasteiger partial charge in [-0.05, 0) is 31.5 Å². The molecule has 0 aliphatic rings. The maximum Gasteiger partial charge on any atom is 0.338 e. The lowest BCUT2D eigenvalue weighted by Crippen LogP contribution is -2.23. The molecule has 25 heavy (non-hydrogen) atoms. The number of Topliss-reactive ketones (excluding diaryl/α,β-unsaturated/α-hetero) is 1. The summed E-state index contributed by atoms with van der Waals surface area (Å²) in [6.45, 7) is 4.93. The van der Waals surface area contributed by atoms with Gasteiger partial charge in [-0.15, -0.1) is 0 Å². The lowest BCUT2D eigenvalue weighted by atomic mass is 10.0. The minimum atomic E-state index is -0.524. The van der Waals surface area contributed by atoms with Crippen LogP contribution < -0.4 is 5.32 Å². The van der Waals surface area contributed by atoms with Gasteiger partial charge in [0.2, 0.25) is 5.91 Å². The number of hydrogen-bond donors (Lipinski definition) is 1. The Kier molecular flexibility index (Phi) is 6.06. The van der Waals surface area contributed by atoms with Crippen LogP contribution in [-0.2, 0) is 9.53 Å². The number of aryl methyl sites for hydroxylation is 1. The number of benzene rings is 2. The molecule has 5 nitrogen and oxygen atoms in total. The highest BCUT2D eigenvalue weighted by molar-refractivity contribution is 5.99. The van der Waals surface area contributed by atoms with E-state index >= 15 is 0 Å². The van der Waals surface area contributed by atoms with Crippen LogP contribution in [0.4, 0.5) is 0 Å². The number of carbonyl (C=O) groups excluding carboxylic acids is 3. The van der Waals surface area contributed by atoms with Gasteiger partial charge in [-0.25, -0.2) is 4.79 Å². The van der Waals surface area contributed by atoms with Gasteiger partial charge < -0.3 is 10.1 Å². The van der Waals surface area contributed by atoms with E-state index in [2.05, 4.69) is 5.32 Å². The second kappa shape index (κ2) is 8.24.